The van der Waals surface area contributed by atoms with Crippen molar-refractivity contribution in [3.8, 4) is 0 Å². The van der Waals surface area contributed by atoms with Gasteiger partial charge < -0.3 is 4.74 Å². The Hall–Kier alpha value is -0.340. The quantitative estimate of drug-likeness (QED) is 0.436. The molecule has 0 fully saturated rings. The van der Waals surface area contributed by atoms with Crippen molar-refractivity contribution in [1.82, 2.24) is 4.90 Å². The average Bonchev–Trinajstić information content (AvgIpc) is 1.88. The van der Waals surface area contributed by atoms with E-state index in [1.54, 1.807) is 6.08 Å². The smallest absolute Gasteiger partial charge is 0.137 e. The summed E-state index contributed by atoms with van der Waals surface area (Å²) in [6.45, 7) is 8.38. The highest BCUT2D eigenvalue weighted by Gasteiger charge is 2.21. The zero-order valence-corrected chi connectivity index (χ0v) is 7.35. The molecule has 0 aliphatic carbocycles. The molecule has 10 heavy (non-hydrogen) atoms. The fourth-order valence-electron chi connectivity index (χ4n) is 0.663. The SMILES string of the molecule is C=CC(C)(OCC)N(C)C. The van der Waals surface area contributed by atoms with Gasteiger partial charge in [-0.15, -0.1) is 0 Å². The molecule has 1 unspecified atom stereocenters. The van der Waals surface area contributed by atoms with Gasteiger partial charge in [-0.25, -0.2) is 0 Å². The molecule has 0 amide bonds. The summed E-state index contributed by atoms with van der Waals surface area (Å²) in [6.07, 6.45) is 1.80. The third kappa shape index (κ3) is 2.12. The van der Waals surface area contributed by atoms with Crippen LogP contribution in [0.3, 0.4) is 0 Å². The maximum absolute atomic E-state index is 5.45. The van der Waals surface area contributed by atoms with Crippen molar-refractivity contribution in [3.05, 3.63) is 12.7 Å². The lowest BCUT2D eigenvalue weighted by atomic mass is 10.2. The largest absolute Gasteiger partial charge is 0.357 e. The van der Waals surface area contributed by atoms with Crippen LogP contribution >= 0.6 is 0 Å². The zero-order valence-electron chi connectivity index (χ0n) is 7.35. The summed E-state index contributed by atoms with van der Waals surface area (Å²) in [4.78, 5) is 1.99. The molecular formula is C8H17NO. The molecule has 0 saturated carbocycles. The molecule has 60 valence electrons. The summed E-state index contributed by atoms with van der Waals surface area (Å²) >= 11 is 0. The molecule has 0 aliphatic rings. The van der Waals surface area contributed by atoms with Crippen LogP contribution in [-0.4, -0.2) is 31.3 Å². The predicted octanol–water partition coefficient (Wildman–Crippen LogP) is 1.49. The van der Waals surface area contributed by atoms with E-state index in [-0.39, 0.29) is 5.72 Å². The number of rotatable bonds is 4. The van der Waals surface area contributed by atoms with Crippen LogP contribution in [0.5, 0.6) is 0 Å². The highest BCUT2D eigenvalue weighted by atomic mass is 16.5. The summed E-state index contributed by atoms with van der Waals surface area (Å²) in [5.74, 6) is 0. The Morgan fingerprint density at radius 1 is 1.60 bits per heavy atom. The lowest BCUT2D eigenvalue weighted by molar-refractivity contribution is -0.0819. The Labute approximate surface area is 63.5 Å². The van der Waals surface area contributed by atoms with E-state index >= 15 is 0 Å². The Morgan fingerprint density at radius 2 is 2.10 bits per heavy atom. The average molecular weight is 143 g/mol. The van der Waals surface area contributed by atoms with Crippen molar-refractivity contribution in [2.45, 2.75) is 19.6 Å². The molecule has 0 aromatic carbocycles. The van der Waals surface area contributed by atoms with Crippen LogP contribution < -0.4 is 0 Å². The minimum absolute atomic E-state index is 0.311. The molecule has 0 aromatic heterocycles. The second kappa shape index (κ2) is 3.74. The fraction of sp³-hybridized carbons (Fsp3) is 0.750. The summed E-state index contributed by atoms with van der Waals surface area (Å²) in [5.41, 5.74) is -0.311. The summed E-state index contributed by atoms with van der Waals surface area (Å²) in [7, 11) is 3.94. The number of nitrogens with zero attached hydrogens (tertiary/aromatic N) is 1. The Bertz CT molecular complexity index is 112. The van der Waals surface area contributed by atoms with Crippen molar-refractivity contribution in [2.75, 3.05) is 20.7 Å². The van der Waals surface area contributed by atoms with Gasteiger partial charge in [0.2, 0.25) is 0 Å². The van der Waals surface area contributed by atoms with Crippen molar-refractivity contribution in [2.24, 2.45) is 0 Å². The van der Waals surface area contributed by atoms with E-state index in [4.69, 9.17) is 4.74 Å². The van der Waals surface area contributed by atoms with E-state index in [0.29, 0.717) is 6.61 Å². The first-order chi connectivity index (χ1) is 4.56. The molecule has 0 rings (SSSR count). The summed E-state index contributed by atoms with van der Waals surface area (Å²) in [5, 5.41) is 0. The molecule has 0 heterocycles. The molecule has 0 N–H and O–H groups in total. The fourth-order valence-corrected chi connectivity index (χ4v) is 0.663. The Morgan fingerprint density at radius 3 is 2.20 bits per heavy atom. The van der Waals surface area contributed by atoms with Crippen molar-refractivity contribution in [3.63, 3.8) is 0 Å². The second-order valence-electron chi connectivity index (χ2n) is 2.59. The molecule has 0 spiro atoms. The number of hydrogen-bond donors (Lipinski definition) is 0. The molecule has 2 heteroatoms. The number of ether oxygens (including phenoxy) is 1. The Kier molecular flexibility index (Phi) is 3.61. The van der Waals surface area contributed by atoms with E-state index < -0.39 is 0 Å². The number of likely N-dealkylation sites (N-methyl/N-ethyl adjacent to an activating group) is 1. The summed E-state index contributed by atoms with van der Waals surface area (Å²) < 4.78 is 5.45. The van der Waals surface area contributed by atoms with Crippen LogP contribution in [0.15, 0.2) is 12.7 Å². The molecule has 0 aromatic rings. The topological polar surface area (TPSA) is 12.5 Å². The van der Waals surface area contributed by atoms with Crippen molar-refractivity contribution in [1.29, 1.82) is 0 Å². The monoisotopic (exact) mass is 143 g/mol. The van der Waals surface area contributed by atoms with Gasteiger partial charge >= 0.3 is 0 Å². The highest BCUT2D eigenvalue weighted by molar-refractivity contribution is 4.90. The van der Waals surface area contributed by atoms with E-state index in [1.165, 1.54) is 0 Å². The highest BCUT2D eigenvalue weighted by Crippen LogP contribution is 2.13. The van der Waals surface area contributed by atoms with Gasteiger partial charge in [0.25, 0.3) is 0 Å². The van der Waals surface area contributed by atoms with Crippen molar-refractivity contribution < 1.29 is 4.74 Å². The van der Waals surface area contributed by atoms with Crippen LogP contribution in [0.2, 0.25) is 0 Å². The van der Waals surface area contributed by atoms with E-state index in [0.717, 1.165) is 0 Å². The van der Waals surface area contributed by atoms with Crippen LogP contribution in [0.1, 0.15) is 13.8 Å². The number of hydrogen-bond acceptors (Lipinski definition) is 2. The van der Waals surface area contributed by atoms with Gasteiger partial charge in [-0.2, -0.15) is 0 Å². The first kappa shape index (κ1) is 9.66. The first-order valence-electron chi connectivity index (χ1n) is 3.51. The molecule has 0 saturated heterocycles. The van der Waals surface area contributed by atoms with Gasteiger partial charge in [0.05, 0.1) is 0 Å². The van der Waals surface area contributed by atoms with E-state index in [1.807, 2.05) is 32.8 Å². The third-order valence-electron chi connectivity index (χ3n) is 1.70. The maximum Gasteiger partial charge on any atom is 0.137 e. The molecule has 0 bridgehead atoms. The molecule has 0 radical (unpaired) electrons. The van der Waals surface area contributed by atoms with Gasteiger partial charge in [0.1, 0.15) is 5.72 Å². The van der Waals surface area contributed by atoms with Gasteiger partial charge in [-0.1, -0.05) is 6.58 Å². The maximum atomic E-state index is 5.45. The van der Waals surface area contributed by atoms with Gasteiger partial charge in [-0.3, -0.25) is 4.90 Å². The molecular weight excluding hydrogens is 126 g/mol. The minimum atomic E-state index is -0.311. The standard InChI is InChI=1S/C8H17NO/c1-6-8(3,9(4)5)10-7-2/h6H,1,7H2,2-5H3. The van der Waals surface area contributed by atoms with E-state index in [2.05, 4.69) is 6.58 Å². The van der Waals surface area contributed by atoms with Gasteiger partial charge in [-0.05, 0) is 34.0 Å². The van der Waals surface area contributed by atoms with Crippen LogP contribution in [-0.2, 0) is 4.74 Å². The first-order valence-corrected chi connectivity index (χ1v) is 3.51. The zero-order chi connectivity index (χ0) is 8.20. The van der Waals surface area contributed by atoms with Crippen LogP contribution in [0.25, 0.3) is 0 Å². The lowest BCUT2D eigenvalue weighted by Gasteiger charge is -2.32. The van der Waals surface area contributed by atoms with E-state index in [9.17, 15) is 0 Å². The lowest BCUT2D eigenvalue weighted by Crippen LogP contribution is -2.41. The predicted molar refractivity (Wildman–Crippen MR) is 43.9 cm³/mol. The Balaban J connectivity index is 4.08. The van der Waals surface area contributed by atoms with Crippen LogP contribution in [0.4, 0.5) is 0 Å². The molecule has 2 nitrogen and oxygen atoms in total. The minimum Gasteiger partial charge on any atom is -0.357 e. The second-order valence-corrected chi connectivity index (χ2v) is 2.59. The van der Waals surface area contributed by atoms with Gasteiger partial charge in [0.15, 0.2) is 0 Å². The third-order valence-corrected chi connectivity index (χ3v) is 1.70. The molecule has 0 aliphatic heterocycles. The van der Waals surface area contributed by atoms with Gasteiger partial charge in [0, 0.05) is 6.61 Å². The van der Waals surface area contributed by atoms with Crippen molar-refractivity contribution >= 4 is 0 Å². The normalized spacial score (nSPS) is 16.9. The summed E-state index contributed by atoms with van der Waals surface area (Å²) in [6, 6.07) is 0. The molecule has 1 atom stereocenters. The van der Waals surface area contributed by atoms with Crippen LogP contribution in [0, 0.1) is 0 Å².